The normalized spacial score (nSPS) is 14.0. The smallest absolute Gasteiger partial charge is 0.227 e. The first kappa shape index (κ1) is 19.1. The maximum absolute atomic E-state index is 5.30. The SMILES string of the molecule is COc1cccc(Nc2cc(C)nc(N3CCN(c4cccc(C)c4)CC3)n2)c1. The molecule has 0 amide bonds. The van der Waals surface area contributed by atoms with E-state index >= 15 is 0 Å². The lowest BCUT2D eigenvalue weighted by Gasteiger charge is -2.36. The number of methoxy groups -OCH3 is 1. The minimum absolute atomic E-state index is 0.777. The Morgan fingerprint density at radius 3 is 2.38 bits per heavy atom. The summed E-state index contributed by atoms with van der Waals surface area (Å²) in [6.45, 7) is 7.85. The zero-order valence-corrected chi connectivity index (χ0v) is 17.2. The van der Waals surface area contributed by atoms with Crippen molar-refractivity contribution in [3.8, 4) is 5.75 Å². The van der Waals surface area contributed by atoms with Gasteiger partial charge in [-0.05, 0) is 43.7 Å². The van der Waals surface area contributed by atoms with Crippen LogP contribution in [-0.2, 0) is 0 Å². The summed E-state index contributed by atoms with van der Waals surface area (Å²) in [6, 6.07) is 18.5. The molecule has 0 atom stereocenters. The maximum Gasteiger partial charge on any atom is 0.227 e. The molecule has 6 heteroatoms. The van der Waals surface area contributed by atoms with Crippen LogP contribution in [0.15, 0.2) is 54.6 Å². The molecule has 0 aliphatic carbocycles. The van der Waals surface area contributed by atoms with Crippen molar-refractivity contribution in [3.05, 3.63) is 65.9 Å². The zero-order valence-electron chi connectivity index (χ0n) is 17.2. The second-order valence-electron chi connectivity index (χ2n) is 7.36. The first-order valence-electron chi connectivity index (χ1n) is 9.94. The lowest BCUT2D eigenvalue weighted by atomic mass is 10.2. The molecule has 0 bridgehead atoms. The van der Waals surface area contributed by atoms with Gasteiger partial charge in [0.25, 0.3) is 0 Å². The number of hydrogen-bond donors (Lipinski definition) is 1. The van der Waals surface area contributed by atoms with Gasteiger partial charge in [0.1, 0.15) is 11.6 Å². The van der Waals surface area contributed by atoms with Crippen molar-refractivity contribution in [1.29, 1.82) is 0 Å². The van der Waals surface area contributed by atoms with Crippen molar-refractivity contribution in [2.45, 2.75) is 13.8 Å². The van der Waals surface area contributed by atoms with E-state index < -0.39 is 0 Å². The van der Waals surface area contributed by atoms with Crippen LogP contribution in [0.2, 0.25) is 0 Å². The predicted molar refractivity (Wildman–Crippen MR) is 119 cm³/mol. The first-order valence-corrected chi connectivity index (χ1v) is 9.94. The summed E-state index contributed by atoms with van der Waals surface area (Å²) in [5.41, 5.74) is 4.47. The predicted octanol–water partition coefficient (Wildman–Crippen LogP) is 4.17. The van der Waals surface area contributed by atoms with E-state index in [1.165, 1.54) is 11.3 Å². The number of ether oxygens (including phenoxy) is 1. The van der Waals surface area contributed by atoms with Gasteiger partial charge in [0.2, 0.25) is 5.95 Å². The Morgan fingerprint density at radius 1 is 0.862 bits per heavy atom. The molecule has 1 aromatic heterocycles. The third kappa shape index (κ3) is 4.59. The van der Waals surface area contributed by atoms with E-state index in [0.29, 0.717) is 0 Å². The zero-order chi connectivity index (χ0) is 20.2. The van der Waals surface area contributed by atoms with Gasteiger partial charge in [-0.2, -0.15) is 4.98 Å². The third-order valence-corrected chi connectivity index (χ3v) is 5.11. The Kier molecular flexibility index (Phi) is 5.51. The molecule has 1 aliphatic heterocycles. The fourth-order valence-electron chi connectivity index (χ4n) is 3.60. The van der Waals surface area contributed by atoms with E-state index in [9.17, 15) is 0 Å². The molecule has 0 radical (unpaired) electrons. The molecule has 1 saturated heterocycles. The highest BCUT2D eigenvalue weighted by molar-refractivity contribution is 5.60. The Balaban J connectivity index is 1.46. The lowest BCUT2D eigenvalue weighted by molar-refractivity contribution is 0.415. The highest BCUT2D eigenvalue weighted by Gasteiger charge is 2.20. The molecule has 0 spiro atoms. The molecular formula is C23H27N5O. The minimum atomic E-state index is 0.777. The summed E-state index contributed by atoms with van der Waals surface area (Å²) in [5, 5.41) is 3.37. The van der Waals surface area contributed by atoms with E-state index in [1.54, 1.807) is 7.11 Å². The molecular weight excluding hydrogens is 362 g/mol. The number of aromatic nitrogens is 2. The highest BCUT2D eigenvalue weighted by atomic mass is 16.5. The van der Waals surface area contributed by atoms with Crippen LogP contribution in [0.1, 0.15) is 11.3 Å². The van der Waals surface area contributed by atoms with Crippen LogP contribution in [0.4, 0.5) is 23.1 Å². The maximum atomic E-state index is 5.30. The largest absolute Gasteiger partial charge is 0.497 e. The molecule has 1 N–H and O–H groups in total. The monoisotopic (exact) mass is 389 g/mol. The third-order valence-electron chi connectivity index (χ3n) is 5.11. The van der Waals surface area contributed by atoms with Crippen LogP contribution < -0.4 is 19.9 Å². The van der Waals surface area contributed by atoms with Crippen LogP contribution in [0.25, 0.3) is 0 Å². The fraction of sp³-hybridized carbons (Fsp3) is 0.304. The summed E-state index contributed by atoms with van der Waals surface area (Å²) in [5.74, 6) is 2.38. The number of aryl methyl sites for hydroxylation is 2. The number of piperazine rings is 1. The van der Waals surface area contributed by atoms with Gasteiger partial charge in [-0.25, -0.2) is 4.98 Å². The van der Waals surface area contributed by atoms with Gasteiger partial charge in [0, 0.05) is 55.4 Å². The minimum Gasteiger partial charge on any atom is -0.497 e. The molecule has 29 heavy (non-hydrogen) atoms. The molecule has 3 aromatic rings. The number of nitrogens with zero attached hydrogens (tertiary/aromatic N) is 4. The number of rotatable bonds is 5. The Hall–Kier alpha value is -3.28. The van der Waals surface area contributed by atoms with Crippen LogP contribution in [0.3, 0.4) is 0 Å². The first-order chi connectivity index (χ1) is 14.1. The Bertz CT molecular complexity index is 983. The van der Waals surface area contributed by atoms with Crippen LogP contribution >= 0.6 is 0 Å². The van der Waals surface area contributed by atoms with E-state index in [-0.39, 0.29) is 0 Å². The lowest BCUT2D eigenvalue weighted by Crippen LogP contribution is -2.47. The number of hydrogen-bond acceptors (Lipinski definition) is 6. The van der Waals surface area contributed by atoms with Gasteiger partial charge < -0.3 is 19.9 Å². The summed E-state index contributed by atoms with van der Waals surface area (Å²) >= 11 is 0. The van der Waals surface area contributed by atoms with Gasteiger partial charge in [-0.3, -0.25) is 0 Å². The van der Waals surface area contributed by atoms with E-state index in [0.717, 1.165) is 55.1 Å². The van der Waals surface area contributed by atoms with Crippen molar-refractivity contribution < 1.29 is 4.74 Å². The van der Waals surface area contributed by atoms with Crippen molar-refractivity contribution in [2.75, 3.05) is 48.4 Å². The molecule has 0 unspecified atom stereocenters. The number of benzene rings is 2. The molecule has 2 heterocycles. The quantitative estimate of drug-likeness (QED) is 0.707. The topological polar surface area (TPSA) is 53.5 Å². The van der Waals surface area contributed by atoms with E-state index in [2.05, 4.69) is 51.3 Å². The van der Waals surface area contributed by atoms with E-state index in [4.69, 9.17) is 9.72 Å². The van der Waals surface area contributed by atoms with Gasteiger partial charge in [0.15, 0.2) is 0 Å². The average Bonchev–Trinajstić information content (AvgIpc) is 2.73. The highest BCUT2D eigenvalue weighted by Crippen LogP contribution is 2.23. The second kappa shape index (κ2) is 8.39. The molecule has 2 aromatic carbocycles. The Labute approximate surface area is 172 Å². The Morgan fingerprint density at radius 2 is 1.62 bits per heavy atom. The van der Waals surface area contributed by atoms with Gasteiger partial charge in [-0.1, -0.05) is 18.2 Å². The van der Waals surface area contributed by atoms with E-state index in [1.807, 2.05) is 37.3 Å². The fourth-order valence-corrected chi connectivity index (χ4v) is 3.60. The summed E-state index contributed by atoms with van der Waals surface area (Å²) in [6.07, 6.45) is 0. The van der Waals surface area contributed by atoms with Crippen molar-refractivity contribution in [1.82, 2.24) is 9.97 Å². The van der Waals surface area contributed by atoms with Crippen LogP contribution in [0, 0.1) is 13.8 Å². The average molecular weight is 390 g/mol. The molecule has 4 rings (SSSR count). The van der Waals surface area contributed by atoms with Gasteiger partial charge >= 0.3 is 0 Å². The summed E-state index contributed by atoms with van der Waals surface area (Å²) in [7, 11) is 1.67. The molecule has 6 nitrogen and oxygen atoms in total. The van der Waals surface area contributed by atoms with Crippen molar-refractivity contribution >= 4 is 23.1 Å². The van der Waals surface area contributed by atoms with Crippen LogP contribution in [0.5, 0.6) is 5.75 Å². The van der Waals surface area contributed by atoms with Crippen LogP contribution in [-0.4, -0.2) is 43.3 Å². The van der Waals surface area contributed by atoms with Gasteiger partial charge in [0.05, 0.1) is 7.11 Å². The molecule has 150 valence electrons. The number of anilines is 4. The summed E-state index contributed by atoms with van der Waals surface area (Å²) < 4.78 is 5.30. The molecule has 1 fully saturated rings. The standard InChI is InChI=1S/C23H27N5O/c1-17-6-4-8-20(14-17)27-10-12-28(13-11-27)23-24-18(2)15-22(26-23)25-19-7-5-9-21(16-19)29-3/h4-9,14-16H,10-13H2,1-3H3,(H,24,25,26). The molecule has 0 saturated carbocycles. The van der Waals surface area contributed by atoms with Crippen molar-refractivity contribution in [3.63, 3.8) is 0 Å². The second-order valence-corrected chi connectivity index (χ2v) is 7.36. The number of nitrogens with one attached hydrogen (secondary N) is 1. The summed E-state index contributed by atoms with van der Waals surface area (Å²) in [4.78, 5) is 14.1. The molecule has 1 aliphatic rings. The van der Waals surface area contributed by atoms with Gasteiger partial charge in [-0.15, -0.1) is 0 Å². The van der Waals surface area contributed by atoms with Crippen molar-refractivity contribution in [2.24, 2.45) is 0 Å².